The molecule has 118 valence electrons. The van der Waals surface area contributed by atoms with E-state index in [1.54, 1.807) is 12.1 Å². The van der Waals surface area contributed by atoms with Crippen LogP contribution >= 0.6 is 11.3 Å². The minimum Gasteiger partial charge on any atom is -0.301 e. The van der Waals surface area contributed by atoms with E-state index in [1.807, 2.05) is 0 Å². The molecule has 2 aromatic rings. The maximum Gasteiger partial charge on any atom is 0.226 e. The van der Waals surface area contributed by atoms with E-state index >= 15 is 0 Å². The van der Waals surface area contributed by atoms with Gasteiger partial charge in [-0.15, -0.1) is 10.2 Å². The van der Waals surface area contributed by atoms with Gasteiger partial charge >= 0.3 is 0 Å². The van der Waals surface area contributed by atoms with Crippen LogP contribution in [0.1, 0.15) is 49.6 Å². The van der Waals surface area contributed by atoms with Gasteiger partial charge in [0.25, 0.3) is 0 Å². The van der Waals surface area contributed by atoms with Crippen molar-refractivity contribution >= 4 is 22.4 Å². The third-order valence-electron chi connectivity index (χ3n) is 3.24. The SMILES string of the molecule is CCCCCCC(=O)Nc1nnc(Cc2ccc(F)cc2)s1. The molecule has 0 atom stereocenters. The van der Waals surface area contributed by atoms with E-state index in [9.17, 15) is 9.18 Å². The zero-order chi connectivity index (χ0) is 15.8. The average Bonchev–Trinajstić information content (AvgIpc) is 2.93. The highest BCUT2D eigenvalue weighted by molar-refractivity contribution is 7.15. The first-order chi connectivity index (χ1) is 10.7. The average molecular weight is 321 g/mol. The van der Waals surface area contributed by atoms with Crippen LogP contribution in [0.5, 0.6) is 0 Å². The Balaban J connectivity index is 1.80. The number of benzene rings is 1. The van der Waals surface area contributed by atoms with Gasteiger partial charge in [-0.2, -0.15) is 0 Å². The number of rotatable bonds is 8. The smallest absolute Gasteiger partial charge is 0.226 e. The number of carbonyl (C=O) groups excluding carboxylic acids is 1. The van der Waals surface area contributed by atoms with Crippen LogP contribution in [0.15, 0.2) is 24.3 Å². The molecule has 0 radical (unpaired) electrons. The van der Waals surface area contributed by atoms with Gasteiger partial charge in [0, 0.05) is 12.8 Å². The molecule has 0 aliphatic rings. The van der Waals surface area contributed by atoms with Crippen molar-refractivity contribution in [3.8, 4) is 0 Å². The van der Waals surface area contributed by atoms with Crippen LogP contribution in [-0.2, 0) is 11.2 Å². The maximum absolute atomic E-state index is 12.9. The number of aromatic nitrogens is 2. The number of anilines is 1. The van der Waals surface area contributed by atoms with Crippen molar-refractivity contribution in [2.24, 2.45) is 0 Å². The monoisotopic (exact) mass is 321 g/mol. The summed E-state index contributed by atoms with van der Waals surface area (Å²) in [5.41, 5.74) is 0.968. The van der Waals surface area contributed by atoms with Crippen molar-refractivity contribution in [1.29, 1.82) is 0 Å². The second-order valence-electron chi connectivity index (χ2n) is 5.16. The molecule has 0 aliphatic carbocycles. The summed E-state index contributed by atoms with van der Waals surface area (Å²) in [5, 5.41) is 12.1. The van der Waals surface area contributed by atoms with E-state index in [2.05, 4.69) is 22.4 Å². The number of nitrogens with zero attached hydrogens (tertiary/aromatic N) is 2. The van der Waals surface area contributed by atoms with Gasteiger partial charge in [-0.05, 0) is 24.1 Å². The fraction of sp³-hybridized carbons (Fsp3) is 0.438. The zero-order valence-electron chi connectivity index (χ0n) is 12.6. The molecule has 0 aliphatic heterocycles. The van der Waals surface area contributed by atoms with Crippen molar-refractivity contribution < 1.29 is 9.18 Å². The van der Waals surface area contributed by atoms with Crippen LogP contribution < -0.4 is 5.32 Å². The van der Waals surface area contributed by atoms with Crippen molar-refractivity contribution in [3.05, 3.63) is 40.7 Å². The molecule has 6 heteroatoms. The molecule has 2 rings (SSSR count). The van der Waals surface area contributed by atoms with Gasteiger partial charge in [0.15, 0.2) is 0 Å². The van der Waals surface area contributed by atoms with E-state index in [0.29, 0.717) is 18.0 Å². The summed E-state index contributed by atoms with van der Waals surface area (Å²) in [7, 11) is 0. The van der Waals surface area contributed by atoms with Crippen LogP contribution in [0.25, 0.3) is 0 Å². The lowest BCUT2D eigenvalue weighted by atomic mass is 10.1. The maximum atomic E-state index is 12.9. The molecule has 0 fully saturated rings. The van der Waals surface area contributed by atoms with Crippen LogP contribution in [0.3, 0.4) is 0 Å². The molecule has 0 spiro atoms. The highest BCUT2D eigenvalue weighted by Crippen LogP contribution is 2.19. The van der Waals surface area contributed by atoms with E-state index in [1.165, 1.54) is 23.5 Å². The molecule has 1 heterocycles. The summed E-state index contributed by atoms with van der Waals surface area (Å²) >= 11 is 1.36. The summed E-state index contributed by atoms with van der Waals surface area (Å²) in [4.78, 5) is 11.8. The first kappa shape index (κ1) is 16.5. The predicted molar refractivity (Wildman–Crippen MR) is 86.5 cm³/mol. The Hall–Kier alpha value is -1.82. The second-order valence-corrected chi connectivity index (χ2v) is 6.23. The van der Waals surface area contributed by atoms with Crippen LogP contribution in [0.2, 0.25) is 0 Å². The van der Waals surface area contributed by atoms with Crippen LogP contribution in [0.4, 0.5) is 9.52 Å². The number of nitrogens with one attached hydrogen (secondary N) is 1. The Bertz CT molecular complexity index is 598. The molecule has 1 amide bonds. The van der Waals surface area contributed by atoms with Gasteiger partial charge in [-0.3, -0.25) is 4.79 Å². The van der Waals surface area contributed by atoms with Gasteiger partial charge in [0.2, 0.25) is 11.0 Å². The van der Waals surface area contributed by atoms with Crippen molar-refractivity contribution in [2.75, 3.05) is 5.32 Å². The lowest BCUT2D eigenvalue weighted by Crippen LogP contribution is -2.10. The molecule has 0 saturated carbocycles. The summed E-state index contributed by atoms with van der Waals surface area (Å²) in [6, 6.07) is 6.30. The molecule has 22 heavy (non-hydrogen) atoms. The Morgan fingerprint density at radius 3 is 2.68 bits per heavy atom. The van der Waals surface area contributed by atoms with Gasteiger partial charge < -0.3 is 5.32 Å². The molecular formula is C16H20FN3OS. The van der Waals surface area contributed by atoms with Gasteiger partial charge in [0.05, 0.1) is 0 Å². The number of hydrogen-bond acceptors (Lipinski definition) is 4. The standard InChI is InChI=1S/C16H20FN3OS/c1-2-3-4-5-6-14(21)18-16-20-19-15(22-16)11-12-7-9-13(17)10-8-12/h7-10H,2-6,11H2,1H3,(H,18,20,21). The molecule has 0 unspecified atom stereocenters. The lowest BCUT2D eigenvalue weighted by Gasteiger charge is -2.00. The summed E-state index contributed by atoms with van der Waals surface area (Å²) in [6.45, 7) is 2.14. The Labute approximate surface area is 133 Å². The Kier molecular flexibility index (Phi) is 6.45. The van der Waals surface area contributed by atoms with Crippen LogP contribution in [0, 0.1) is 5.82 Å². The van der Waals surface area contributed by atoms with Crippen molar-refractivity contribution in [2.45, 2.75) is 45.4 Å². The molecule has 0 bridgehead atoms. The summed E-state index contributed by atoms with van der Waals surface area (Å²) in [5.74, 6) is -0.266. The fourth-order valence-corrected chi connectivity index (χ4v) is 2.84. The molecule has 1 N–H and O–H groups in total. The van der Waals surface area contributed by atoms with Gasteiger partial charge in [0.1, 0.15) is 10.8 Å². The van der Waals surface area contributed by atoms with Crippen LogP contribution in [-0.4, -0.2) is 16.1 Å². The minimum atomic E-state index is -0.253. The highest BCUT2D eigenvalue weighted by atomic mass is 32.1. The highest BCUT2D eigenvalue weighted by Gasteiger charge is 2.08. The van der Waals surface area contributed by atoms with E-state index in [4.69, 9.17) is 0 Å². The molecule has 0 saturated heterocycles. The topological polar surface area (TPSA) is 54.9 Å². The summed E-state index contributed by atoms with van der Waals surface area (Å²) < 4.78 is 12.9. The van der Waals surface area contributed by atoms with E-state index in [-0.39, 0.29) is 11.7 Å². The molecular weight excluding hydrogens is 301 g/mol. The molecule has 1 aromatic carbocycles. The third kappa shape index (κ3) is 5.52. The number of carbonyl (C=O) groups is 1. The quantitative estimate of drug-likeness (QED) is 0.742. The Morgan fingerprint density at radius 2 is 1.95 bits per heavy atom. The third-order valence-corrected chi connectivity index (χ3v) is 4.08. The number of hydrogen-bond donors (Lipinski definition) is 1. The van der Waals surface area contributed by atoms with Crippen molar-refractivity contribution in [3.63, 3.8) is 0 Å². The number of unbranched alkanes of at least 4 members (excludes halogenated alkanes) is 3. The number of amides is 1. The zero-order valence-corrected chi connectivity index (χ0v) is 13.5. The summed E-state index contributed by atoms with van der Waals surface area (Å²) in [6.07, 6.45) is 5.41. The Morgan fingerprint density at radius 1 is 1.18 bits per heavy atom. The first-order valence-corrected chi connectivity index (χ1v) is 8.35. The van der Waals surface area contributed by atoms with Gasteiger partial charge in [-0.25, -0.2) is 4.39 Å². The minimum absolute atomic E-state index is 0.0133. The van der Waals surface area contributed by atoms with E-state index < -0.39 is 0 Å². The molecule has 4 nitrogen and oxygen atoms in total. The fourth-order valence-electron chi connectivity index (χ4n) is 2.05. The normalized spacial score (nSPS) is 10.6. The molecule has 1 aromatic heterocycles. The first-order valence-electron chi connectivity index (χ1n) is 7.54. The van der Waals surface area contributed by atoms with Gasteiger partial charge in [-0.1, -0.05) is 49.7 Å². The van der Waals surface area contributed by atoms with E-state index in [0.717, 1.165) is 36.3 Å². The van der Waals surface area contributed by atoms with Crippen molar-refractivity contribution in [1.82, 2.24) is 10.2 Å². The predicted octanol–water partition coefficient (Wildman–Crippen LogP) is 4.18. The number of halogens is 1. The lowest BCUT2D eigenvalue weighted by molar-refractivity contribution is -0.116. The largest absolute Gasteiger partial charge is 0.301 e. The second kappa shape index (κ2) is 8.58.